The van der Waals surface area contributed by atoms with Crippen LogP contribution in [0.15, 0.2) is 33.3 Å². The first-order valence-electron chi connectivity index (χ1n) is 5.95. The summed E-state index contributed by atoms with van der Waals surface area (Å²) in [4.78, 5) is 15.0. The highest BCUT2D eigenvalue weighted by molar-refractivity contribution is 9.10. The van der Waals surface area contributed by atoms with Crippen LogP contribution in [0.5, 0.6) is 0 Å². The Labute approximate surface area is 128 Å². The molecule has 2 rings (SSSR count). The van der Waals surface area contributed by atoms with Crippen LogP contribution in [0.4, 0.5) is 0 Å². The number of thioether (sulfide) groups is 1. The first-order chi connectivity index (χ1) is 9.56. The van der Waals surface area contributed by atoms with Crippen LogP contribution >= 0.6 is 27.7 Å². The van der Waals surface area contributed by atoms with Crippen molar-refractivity contribution in [2.75, 3.05) is 5.75 Å². The zero-order chi connectivity index (χ0) is 14.5. The van der Waals surface area contributed by atoms with Crippen molar-refractivity contribution in [3.63, 3.8) is 0 Å². The minimum atomic E-state index is -0.794. The van der Waals surface area contributed by atoms with Crippen LogP contribution in [-0.4, -0.2) is 27.0 Å². The first kappa shape index (κ1) is 15.1. The van der Waals surface area contributed by atoms with Gasteiger partial charge in [-0.05, 0) is 12.1 Å². The number of nitrogens with zero attached hydrogens (tertiary/aromatic N) is 2. The summed E-state index contributed by atoms with van der Waals surface area (Å²) >= 11 is 4.86. The van der Waals surface area contributed by atoms with E-state index < -0.39 is 5.97 Å². The van der Waals surface area contributed by atoms with E-state index in [0.717, 1.165) is 10.0 Å². The monoisotopic (exact) mass is 356 g/mol. The van der Waals surface area contributed by atoms with E-state index in [-0.39, 0.29) is 5.92 Å². The largest absolute Gasteiger partial charge is 0.481 e. The minimum Gasteiger partial charge on any atom is -0.481 e. The summed E-state index contributed by atoms with van der Waals surface area (Å²) in [5.41, 5.74) is 0.873. The lowest BCUT2D eigenvalue weighted by Gasteiger charge is -2.02. The third kappa shape index (κ3) is 4.08. The Morgan fingerprint density at radius 2 is 2.35 bits per heavy atom. The van der Waals surface area contributed by atoms with Crippen molar-refractivity contribution in [1.82, 2.24) is 10.1 Å². The van der Waals surface area contributed by atoms with E-state index in [1.165, 1.54) is 11.8 Å². The lowest BCUT2D eigenvalue weighted by Crippen LogP contribution is -2.11. The fourth-order valence-electron chi connectivity index (χ4n) is 1.45. The third-order valence-electron chi connectivity index (χ3n) is 2.57. The standard InChI is InChI=1S/C13H13BrN2O3S/c1-8(13(17)18)6-20-7-11-15-12(16-19-11)9-3-2-4-10(14)5-9/h2-5,8H,6-7H2,1H3,(H,17,18). The molecule has 0 saturated heterocycles. The first-order valence-corrected chi connectivity index (χ1v) is 7.90. The highest BCUT2D eigenvalue weighted by Crippen LogP contribution is 2.22. The predicted octanol–water partition coefficient (Wildman–Crippen LogP) is 3.45. The van der Waals surface area contributed by atoms with E-state index in [2.05, 4.69) is 26.1 Å². The van der Waals surface area contributed by atoms with Crippen LogP contribution in [0.25, 0.3) is 11.4 Å². The van der Waals surface area contributed by atoms with Gasteiger partial charge in [-0.2, -0.15) is 16.7 Å². The van der Waals surface area contributed by atoms with Crippen LogP contribution in [0.3, 0.4) is 0 Å². The lowest BCUT2D eigenvalue weighted by molar-refractivity contribution is -0.140. The number of rotatable bonds is 6. The third-order valence-corrected chi connectivity index (χ3v) is 4.25. The van der Waals surface area contributed by atoms with Gasteiger partial charge in [0, 0.05) is 15.8 Å². The Kier molecular flexibility index (Phi) is 5.19. The van der Waals surface area contributed by atoms with Gasteiger partial charge < -0.3 is 9.63 Å². The average molecular weight is 357 g/mol. The van der Waals surface area contributed by atoms with Crippen molar-refractivity contribution in [2.24, 2.45) is 5.92 Å². The van der Waals surface area contributed by atoms with Crippen LogP contribution in [0.1, 0.15) is 12.8 Å². The van der Waals surface area contributed by atoms with Gasteiger partial charge in [0.15, 0.2) is 0 Å². The molecule has 1 aromatic carbocycles. The second kappa shape index (κ2) is 6.90. The summed E-state index contributed by atoms with van der Waals surface area (Å²) in [6.45, 7) is 1.68. The molecule has 106 valence electrons. The molecule has 5 nitrogen and oxygen atoms in total. The Morgan fingerprint density at radius 1 is 1.55 bits per heavy atom. The molecule has 0 amide bonds. The van der Waals surface area contributed by atoms with Crippen molar-refractivity contribution < 1.29 is 14.4 Å². The van der Waals surface area contributed by atoms with Crippen molar-refractivity contribution in [1.29, 1.82) is 0 Å². The summed E-state index contributed by atoms with van der Waals surface area (Å²) < 4.78 is 6.11. The number of hydrogen-bond donors (Lipinski definition) is 1. The molecule has 1 N–H and O–H groups in total. The number of benzene rings is 1. The molecule has 1 atom stereocenters. The highest BCUT2D eigenvalue weighted by Gasteiger charge is 2.13. The zero-order valence-electron chi connectivity index (χ0n) is 10.7. The lowest BCUT2D eigenvalue weighted by atomic mass is 10.2. The molecule has 2 aromatic rings. The Morgan fingerprint density at radius 3 is 3.05 bits per heavy atom. The van der Waals surface area contributed by atoms with Crippen LogP contribution < -0.4 is 0 Å². The summed E-state index contributed by atoms with van der Waals surface area (Å²) in [6, 6.07) is 7.64. The van der Waals surface area contributed by atoms with Crippen LogP contribution in [-0.2, 0) is 10.5 Å². The highest BCUT2D eigenvalue weighted by atomic mass is 79.9. The molecule has 0 spiro atoms. The van der Waals surface area contributed by atoms with Crippen molar-refractivity contribution >= 4 is 33.7 Å². The molecular weight excluding hydrogens is 344 g/mol. The Hall–Kier alpha value is -1.34. The van der Waals surface area contributed by atoms with E-state index in [0.29, 0.717) is 23.2 Å². The van der Waals surface area contributed by atoms with E-state index in [4.69, 9.17) is 9.63 Å². The van der Waals surface area contributed by atoms with Gasteiger partial charge in [0.1, 0.15) is 0 Å². The maximum Gasteiger partial charge on any atom is 0.307 e. The zero-order valence-corrected chi connectivity index (χ0v) is 13.1. The van der Waals surface area contributed by atoms with E-state index in [1.54, 1.807) is 6.92 Å². The van der Waals surface area contributed by atoms with Gasteiger partial charge in [0.05, 0.1) is 11.7 Å². The number of halogens is 1. The number of aromatic nitrogens is 2. The number of carbonyl (C=O) groups is 1. The van der Waals surface area contributed by atoms with E-state index in [1.807, 2.05) is 24.3 Å². The minimum absolute atomic E-state index is 0.382. The van der Waals surface area contributed by atoms with Gasteiger partial charge in [-0.15, -0.1) is 0 Å². The molecule has 7 heteroatoms. The van der Waals surface area contributed by atoms with Gasteiger partial charge >= 0.3 is 5.97 Å². The summed E-state index contributed by atoms with van der Waals surface area (Å²) in [5, 5.41) is 12.7. The maximum atomic E-state index is 10.7. The SMILES string of the molecule is CC(CSCc1nc(-c2cccc(Br)c2)no1)C(=O)O. The summed E-state index contributed by atoms with van der Waals surface area (Å²) in [5.74, 6) is 0.892. The quantitative estimate of drug-likeness (QED) is 0.853. The van der Waals surface area contributed by atoms with Crippen molar-refractivity contribution in [3.8, 4) is 11.4 Å². The molecule has 1 heterocycles. The van der Waals surface area contributed by atoms with Crippen molar-refractivity contribution in [3.05, 3.63) is 34.6 Å². The molecule has 0 aliphatic carbocycles. The van der Waals surface area contributed by atoms with Crippen LogP contribution in [0, 0.1) is 5.92 Å². The Bertz CT molecular complexity index is 603. The van der Waals surface area contributed by atoms with Gasteiger partial charge in [-0.25, -0.2) is 0 Å². The average Bonchev–Trinajstić information content (AvgIpc) is 2.87. The van der Waals surface area contributed by atoms with Gasteiger partial charge in [-0.1, -0.05) is 40.1 Å². The van der Waals surface area contributed by atoms with Gasteiger partial charge in [-0.3, -0.25) is 4.79 Å². The molecule has 0 radical (unpaired) electrons. The molecule has 20 heavy (non-hydrogen) atoms. The number of aliphatic carboxylic acids is 1. The van der Waals surface area contributed by atoms with Gasteiger partial charge in [0.2, 0.25) is 11.7 Å². The molecule has 1 unspecified atom stereocenters. The normalized spacial score (nSPS) is 12.3. The number of carboxylic acid groups (broad SMARTS) is 1. The second-order valence-corrected chi connectivity index (χ2v) is 6.22. The molecule has 1 aromatic heterocycles. The molecule has 0 aliphatic heterocycles. The molecule has 0 saturated carbocycles. The second-order valence-electron chi connectivity index (χ2n) is 4.28. The molecule has 0 aliphatic rings. The summed E-state index contributed by atoms with van der Waals surface area (Å²) in [6.07, 6.45) is 0. The van der Waals surface area contributed by atoms with E-state index in [9.17, 15) is 4.79 Å². The topological polar surface area (TPSA) is 76.2 Å². The van der Waals surface area contributed by atoms with Crippen LogP contribution in [0.2, 0.25) is 0 Å². The van der Waals surface area contributed by atoms with Crippen molar-refractivity contribution in [2.45, 2.75) is 12.7 Å². The smallest absolute Gasteiger partial charge is 0.307 e. The molecule has 0 fully saturated rings. The fraction of sp³-hybridized carbons (Fsp3) is 0.308. The maximum absolute atomic E-state index is 10.7. The van der Waals surface area contributed by atoms with Gasteiger partial charge in [0.25, 0.3) is 0 Å². The van der Waals surface area contributed by atoms with E-state index >= 15 is 0 Å². The Balaban J connectivity index is 1.94. The predicted molar refractivity (Wildman–Crippen MR) is 80.4 cm³/mol. The molecule has 0 bridgehead atoms. The number of hydrogen-bond acceptors (Lipinski definition) is 5. The summed E-state index contributed by atoms with van der Waals surface area (Å²) in [7, 11) is 0. The fourth-order valence-corrected chi connectivity index (χ4v) is 2.76. The molecular formula is C13H13BrN2O3S. The number of carboxylic acids is 1.